The second-order valence-corrected chi connectivity index (χ2v) is 3.60. The van der Waals surface area contributed by atoms with Crippen LogP contribution in [-0.2, 0) is 6.54 Å². The van der Waals surface area contributed by atoms with Crippen LogP contribution >= 0.6 is 0 Å². The molecular weight excluding hydrogens is 219 g/mol. The van der Waals surface area contributed by atoms with Crippen molar-refractivity contribution in [3.8, 4) is 11.4 Å². The predicted octanol–water partition coefficient (Wildman–Crippen LogP) is 2.54. The van der Waals surface area contributed by atoms with Gasteiger partial charge in [0.05, 0.1) is 5.56 Å². The average molecular weight is 234 g/mol. The van der Waals surface area contributed by atoms with E-state index in [1.54, 1.807) is 18.2 Å². The van der Waals surface area contributed by atoms with E-state index in [2.05, 4.69) is 15.5 Å². The number of nitrogens with one attached hydrogen (secondary N) is 1. The maximum atomic E-state index is 13.7. The Labute approximate surface area is 99.5 Å². The standard InChI is InChI=1S/C12H15FN4/c1-3-14-12-16-15-11(17(12)4-2)9-7-5-6-8-10(9)13/h5-8H,3-4H2,1-2H3,(H,14,16). The highest BCUT2D eigenvalue weighted by Crippen LogP contribution is 2.22. The lowest BCUT2D eigenvalue weighted by Gasteiger charge is -2.08. The van der Waals surface area contributed by atoms with Gasteiger partial charge < -0.3 is 5.32 Å². The first-order valence-corrected chi connectivity index (χ1v) is 5.69. The van der Waals surface area contributed by atoms with Gasteiger partial charge in [0, 0.05) is 13.1 Å². The Morgan fingerprint density at radius 2 is 2.00 bits per heavy atom. The first-order chi connectivity index (χ1) is 8.27. The van der Waals surface area contributed by atoms with E-state index in [0.29, 0.717) is 23.9 Å². The summed E-state index contributed by atoms with van der Waals surface area (Å²) in [7, 11) is 0. The van der Waals surface area contributed by atoms with E-state index >= 15 is 0 Å². The van der Waals surface area contributed by atoms with Crippen LogP contribution in [0.3, 0.4) is 0 Å². The van der Waals surface area contributed by atoms with Crippen molar-refractivity contribution in [1.82, 2.24) is 14.8 Å². The fourth-order valence-corrected chi connectivity index (χ4v) is 1.73. The minimum atomic E-state index is -0.280. The van der Waals surface area contributed by atoms with Crippen molar-refractivity contribution in [3.63, 3.8) is 0 Å². The molecule has 0 aliphatic rings. The third-order valence-corrected chi connectivity index (χ3v) is 2.52. The Kier molecular flexibility index (Phi) is 3.37. The Morgan fingerprint density at radius 3 is 2.65 bits per heavy atom. The molecule has 0 unspecified atom stereocenters. The van der Waals surface area contributed by atoms with Crippen LogP contribution in [0.2, 0.25) is 0 Å². The molecule has 2 rings (SSSR count). The van der Waals surface area contributed by atoms with Crippen molar-refractivity contribution < 1.29 is 4.39 Å². The number of anilines is 1. The molecule has 4 nitrogen and oxygen atoms in total. The van der Waals surface area contributed by atoms with E-state index in [4.69, 9.17) is 0 Å². The maximum absolute atomic E-state index is 13.7. The summed E-state index contributed by atoms with van der Waals surface area (Å²) in [6.45, 7) is 5.42. The highest BCUT2D eigenvalue weighted by atomic mass is 19.1. The van der Waals surface area contributed by atoms with Crippen LogP contribution in [0, 0.1) is 5.82 Å². The molecule has 0 aliphatic carbocycles. The van der Waals surface area contributed by atoms with Crippen molar-refractivity contribution >= 4 is 5.95 Å². The number of hydrogen-bond acceptors (Lipinski definition) is 3. The number of halogens is 1. The molecule has 0 saturated heterocycles. The second-order valence-electron chi connectivity index (χ2n) is 3.60. The lowest BCUT2D eigenvalue weighted by molar-refractivity contribution is 0.627. The molecule has 5 heteroatoms. The fourth-order valence-electron chi connectivity index (χ4n) is 1.73. The summed E-state index contributed by atoms with van der Waals surface area (Å²) in [6.07, 6.45) is 0. The summed E-state index contributed by atoms with van der Waals surface area (Å²) in [5.74, 6) is 0.951. The molecule has 17 heavy (non-hydrogen) atoms. The first-order valence-electron chi connectivity index (χ1n) is 5.69. The Morgan fingerprint density at radius 1 is 1.24 bits per heavy atom. The van der Waals surface area contributed by atoms with Crippen molar-refractivity contribution in [3.05, 3.63) is 30.1 Å². The monoisotopic (exact) mass is 234 g/mol. The predicted molar refractivity (Wildman–Crippen MR) is 65.3 cm³/mol. The molecule has 0 saturated carbocycles. The Hall–Kier alpha value is -1.91. The van der Waals surface area contributed by atoms with Gasteiger partial charge >= 0.3 is 0 Å². The molecule has 1 aromatic carbocycles. The topological polar surface area (TPSA) is 42.7 Å². The van der Waals surface area contributed by atoms with E-state index in [-0.39, 0.29) is 5.82 Å². The summed E-state index contributed by atoms with van der Waals surface area (Å²) in [6, 6.07) is 6.59. The Balaban J connectivity index is 2.49. The fraction of sp³-hybridized carbons (Fsp3) is 0.333. The molecule has 1 N–H and O–H groups in total. The zero-order valence-corrected chi connectivity index (χ0v) is 9.94. The van der Waals surface area contributed by atoms with Gasteiger partial charge in [-0.3, -0.25) is 4.57 Å². The number of rotatable bonds is 4. The molecule has 1 heterocycles. The highest BCUT2D eigenvalue weighted by molar-refractivity contribution is 5.58. The van der Waals surface area contributed by atoms with E-state index in [0.717, 1.165) is 6.54 Å². The van der Waals surface area contributed by atoms with Crippen LogP contribution in [0.25, 0.3) is 11.4 Å². The summed E-state index contributed by atoms with van der Waals surface area (Å²) < 4.78 is 15.5. The summed E-state index contributed by atoms with van der Waals surface area (Å²) in [4.78, 5) is 0. The van der Waals surface area contributed by atoms with Crippen LogP contribution in [0.5, 0.6) is 0 Å². The van der Waals surface area contributed by atoms with Gasteiger partial charge in [0.25, 0.3) is 0 Å². The van der Waals surface area contributed by atoms with Gasteiger partial charge in [0.2, 0.25) is 5.95 Å². The van der Waals surface area contributed by atoms with E-state index in [9.17, 15) is 4.39 Å². The molecule has 0 spiro atoms. The largest absolute Gasteiger partial charge is 0.355 e. The second kappa shape index (κ2) is 4.95. The van der Waals surface area contributed by atoms with Crippen molar-refractivity contribution in [2.45, 2.75) is 20.4 Å². The van der Waals surface area contributed by atoms with Crippen molar-refractivity contribution in [2.24, 2.45) is 0 Å². The maximum Gasteiger partial charge on any atom is 0.224 e. The zero-order chi connectivity index (χ0) is 12.3. The molecule has 0 amide bonds. The molecule has 0 fully saturated rings. The molecular formula is C12H15FN4. The minimum Gasteiger partial charge on any atom is -0.355 e. The van der Waals surface area contributed by atoms with Gasteiger partial charge in [0.15, 0.2) is 5.82 Å². The van der Waals surface area contributed by atoms with E-state index < -0.39 is 0 Å². The van der Waals surface area contributed by atoms with Crippen molar-refractivity contribution in [1.29, 1.82) is 0 Å². The Bertz CT molecular complexity index is 507. The number of hydrogen-bond donors (Lipinski definition) is 1. The van der Waals surface area contributed by atoms with Crippen LogP contribution in [0.1, 0.15) is 13.8 Å². The molecule has 1 aromatic heterocycles. The first kappa shape index (κ1) is 11.6. The minimum absolute atomic E-state index is 0.280. The van der Waals surface area contributed by atoms with Gasteiger partial charge in [-0.25, -0.2) is 4.39 Å². The molecule has 90 valence electrons. The van der Waals surface area contributed by atoms with Gasteiger partial charge in [-0.2, -0.15) is 0 Å². The van der Waals surface area contributed by atoms with Crippen LogP contribution in [-0.4, -0.2) is 21.3 Å². The van der Waals surface area contributed by atoms with Crippen LogP contribution < -0.4 is 5.32 Å². The molecule has 2 aromatic rings. The van der Waals surface area contributed by atoms with Gasteiger partial charge in [-0.05, 0) is 26.0 Å². The number of aromatic nitrogens is 3. The van der Waals surface area contributed by atoms with Crippen molar-refractivity contribution in [2.75, 3.05) is 11.9 Å². The summed E-state index contributed by atoms with van der Waals surface area (Å²) in [5, 5.41) is 11.2. The molecule has 0 aliphatic heterocycles. The summed E-state index contributed by atoms with van der Waals surface area (Å²) >= 11 is 0. The van der Waals surface area contributed by atoms with E-state index in [1.165, 1.54) is 6.07 Å². The van der Waals surface area contributed by atoms with Gasteiger partial charge in [-0.1, -0.05) is 12.1 Å². The summed E-state index contributed by atoms with van der Waals surface area (Å²) in [5.41, 5.74) is 0.478. The zero-order valence-electron chi connectivity index (χ0n) is 9.94. The van der Waals surface area contributed by atoms with Gasteiger partial charge in [0.1, 0.15) is 5.82 Å². The highest BCUT2D eigenvalue weighted by Gasteiger charge is 2.14. The number of nitrogens with zero attached hydrogens (tertiary/aromatic N) is 3. The van der Waals surface area contributed by atoms with E-state index in [1.807, 2.05) is 18.4 Å². The SMILES string of the molecule is CCNc1nnc(-c2ccccc2F)n1CC. The molecule has 0 bridgehead atoms. The smallest absolute Gasteiger partial charge is 0.224 e. The third-order valence-electron chi connectivity index (χ3n) is 2.52. The van der Waals surface area contributed by atoms with Gasteiger partial charge in [-0.15, -0.1) is 10.2 Å². The van der Waals surface area contributed by atoms with Crippen LogP contribution in [0.4, 0.5) is 10.3 Å². The normalized spacial score (nSPS) is 10.5. The molecule has 0 atom stereocenters. The lowest BCUT2D eigenvalue weighted by atomic mass is 10.2. The van der Waals surface area contributed by atoms with Crippen LogP contribution in [0.15, 0.2) is 24.3 Å². The third kappa shape index (κ3) is 2.13. The quantitative estimate of drug-likeness (QED) is 0.884. The lowest BCUT2D eigenvalue weighted by Crippen LogP contribution is -2.07. The number of benzene rings is 1. The average Bonchev–Trinajstić information content (AvgIpc) is 2.73. The molecule has 0 radical (unpaired) electrons.